The van der Waals surface area contributed by atoms with Crippen molar-refractivity contribution in [3.8, 4) is 5.75 Å². The third kappa shape index (κ3) is 5.61. The molecule has 8 heteroatoms. The molecule has 0 bridgehead atoms. The van der Waals surface area contributed by atoms with Crippen molar-refractivity contribution >= 4 is 12.1 Å². The normalized spacial score (nSPS) is 15.4. The number of carbonyl (C=O) groups excluding carboxylic acids is 2. The lowest BCUT2D eigenvalue weighted by molar-refractivity contribution is -0.167. The average molecular weight is 426 g/mol. The van der Waals surface area contributed by atoms with Gasteiger partial charge in [-0.2, -0.15) is 0 Å². The molecule has 0 aliphatic heterocycles. The van der Waals surface area contributed by atoms with E-state index in [2.05, 4.69) is 5.32 Å². The van der Waals surface area contributed by atoms with Crippen molar-refractivity contribution in [1.29, 1.82) is 0 Å². The van der Waals surface area contributed by atoms with E-state index in [0.717, 1.165) is 0 Å². The van der Waals surface area contributed by atoms with Crippen LogP contribution in [0.3, 0.4) is 0 Å². The van der Waals surface area contributed by atoms with E-state index < -0.39 is 51.7 Å². The molecule has 0 radical (unpaired) electrons. The minimum absolute atomic E-state index is 0.198. The van der Waals surface area contributed by atoms with E-state index in [1.807, 2.05) is 0 Å². The summed E-state index contributed by atoms with van der Waals surface area (Å²) in [4.78, 5) is 51.1. The number of amides is 1. The van der Waals surface area contributed by atoms with Crippen LogP contribution in [0.15, 0.2) is 9.59 Å². The molecule has 0 fully saturated rings. The fourth-order valence-electron chi connectivity index (χ4n) is 2.99. The Kier molecular flexibility index (Phi) is 7.51. The number of carbonyl (C=O) groups is 2. The maximum atomic E-state index is 13.5. The lowest BCUT2D eigenvalue weighted by Gasteiger charge is -2.40. The summed E-state index contributed by atoms with van der Waals surface area (Å²) in [6.45, 7) is 16.9. The summed E-state index contributed by atoms with van der Waals surface area (Å²) >= 11 is 0. The largest absolute Gasteiger partial charge is 0.486 e. The lowest BCUT2D eigenvalue weighted by atomic mass is 9.75. The van der Waals surface area contributed by atoms with Crippen LogP contribution in [0.1, 0.15) is 81.2 Å². The molecule has 1 amide bonds. The van der Waals surface area contributed by atoms with E-state index >= 15 is 0 Å². The first-order valence-electron chi connectivity index (χ1n) is 10.2. The second-order valence-corrected chi connectivity index (χ2v) is 9.78. The number of rotatable bonds is 7. The Labute approximate surface area is 178 Å². The van der Waals surface area contributed by atoms with Gasteiger partial charge in [-0.1, -0.05) is 20.3 Å². The summed E-state index contributed by atoms with van der Waals surface area (Å²) in [5.41, 5.74) is -5.59. The van der Waals surface area contributed by atoms with Crippen molar-refractivity contribution in [1.82, 2.24) is 5.32 Å². The van der Waals surface area contributed by atoms with Crippen LogP contribution in [-0.4, -0.2) is 29.4 Å². The molecular weight excluding hydrogens is 390 g/mol. The van der Waals surface area contributed by atoms with Gasteiger partial charge in [0.2, 0.25) is 5.43 Å². The van der Waals surface area contributed by atoms with E-state index in [1.165, 1.54) is 0 Å². The Bertz CT molecular complexity index is 850. The molecule has 0 aliphatic rings. The molecule has 0 aromatic heterocycles. The molecule has 170 valence electrons. The SMILES string of the molecule is CCC(C)C(NC(=O)OC(C)(C)C)(C(=O)OC(C)(C)C)c1c(OC(C)C)c(=O)c1=O. The molecule has 30 heavy (non-hydrogen) atoms. The van der Waals surface area contributed by atoms with Gasteiger partial charge in [-0.15, -0.1) is 0 Å². The predicted molar refractivity (Wildman–Crippen MR) is 113 cm³/mol. The van der Waals surface area contributed by atoms with Crippen LogP contribution in [0.4, 0.5) is 4.79 Å². The molecule has 8 nitrogen and oxygen atoms in total. The minimum atomic E-state index is -1.93. The van der Waals surface area contributed by atoms with Crippen molar-refractivity contribution in [3.63, 3.8) is 0 Å². The molecule has 1 aromatic carbocycles. The zero-order chi connectivity index (χ0) is 23.7. The molecule has 2 unspecified atom stereocenters. The van der Waals surface area contributed by atoms with Crippen LogP contribution in [-0.2, 0) is 19.8 Å². The quantitative estimate of drug-likeness (QED) is 0.528. The minimum Gasteiger partial charge on any atom is -0.486 e. The highest BCUT2D eigenvalue weighted by Crippen LogP contribution is 2.38. The van der Waals surface area contributed by atoms with Crippen LogP contribution in [0.2, 0.25) is 0 Å². The number of hydrogen-bond acceptors (Lipinski definition) is 7. The Morgan fingerprint density at radius 1 is 0.900 bits per heavy atom. The van der Waals surface area contributed by atoms with E-state index in [0.29, 0.717) is 6.42 Å². The standard InChI is InChI=1S/C22H35NO7/c1-11-13(4)22(18(26)29-20(5,6)7,23-19(27)30-21(8,9)10)14-15(24)16(25)17(14)28-12(2)3/h12-13H,11H2,1-10H3,(H,23,27). The van der Waals surface area contributed by atoms with Gasteiger partial charge < -0.3 is 19.5 Å². The maximum absolute atomic E-state index is 13.5. The van der Waals surface area contributed by atoms with Gasteiger partial charge in [0.05, 0.1) is 11.7 Å². The second kappa shape index (κ2) is 8.78. The first-order chi connectivity index (χ1) is 13.5. The maximum Gasteiger partial charge on any atom is 0.408 e. The number of alkyl carbamates (subject to hydrolysis) is 1. The Morgan fingerprint density at radius 3 is 1.80 bits per heavy atom. The highest BCUT2D eigenvalue weighted by Gasteiger charge is 2.55. The van der Waals surface area contributed by atoms with E-state index in [9.17, 15) is 19.2 Å². The van der Waals surface area contributed by atoms with Crippen LogP contribution in [0, 0.1) is 5.92 Å². The van der Waals surface area contributed by atoms with Gasteiger partial charge >= 0.3 is 12.1 Å². The third-order valence-electron chi connectivity index (χ3n) is 4.39. The van der Waals surface area contributed by atoms with Gasteiger partial charge in [0.1, 0.15) is 11.2 Å². The smallest absolute Gasteiger partial charge is 0.408 e. The average Bonchev–Trinajstić information content (AvgIpc) is 2.55. The highest BCUT2D eigenvalue weighted by molar-refractivity contribution is 5.89. The fraction of sp³-hybridized carbons (Fsp3) is 0.727. The Morgan fingerprint density at radius 2 is 1.40 bits per heavy atom. The monoisotopic (exact) mass is 425 g/mol. The summed E-state index contributed by atoms with van der Waals surface area (Å²) in [6, 6.07) is 0. The highest BCUT2D eigenvalue weighted by atomic mass is 16.6. The fourth-order valence-corrected chi connectivity index (χ4v) is 2.99. The third-order valence-corrected chi connectivity index (χ3v) is 4.39. The van der Waals surface area contributed by atoms with Gasteiger partial charge in [0, 0.05) is 0 Å². The van der Waals surface area contributed by atoms with Gasteiger partial charge in [-0.25, -0.2) is 9.59 Å². The van der Waals surface area contributed by atoms with E-state index in [-0.39, 0.29) is 11.3 Å². The van der Waals surface area contributed by atoms with E-state index in [1.54, 1.807) is 69.2 Å². The van der Waals surface area contributed by atoms with Gasteiger partial charge in [0.15, 0.2) is 11.3 Å². The molecule has 0 spiro atoms. The van der Waals surface area contributed by atoms with Crippen molar-refractivity contribution in [2.75, 3.05) is 0 Å². The summed E-state index contributed by atoms with van der Waals surface area (Å²) in [6.07, 6.45) is -0.923. The summed E-state index contributed by atoms with van der Waals surface area (Å²) in [7, 11) is 0. The van der Waals surface area contributed by atoms with Crippen LogP contribution in [0.25, 0.3) is 0 Å². The van der Waals surface area contributed by atoms with Gasteiger partial charge in [0.25, 0.3) is 5.43 Å². The lowest BCUT2D eigenvalue weighted by Crippen LogP contribution is -2.63. The van der Waals surface area contributed by atoms with Crippen molar-refractivity contribution < 1.29 is 23.8 Å². The first-order valence-corrected chi connectivity index (χ1v) is 10.2. The van der Waals surface area contributed by atoms with Gasteiger partial charge in [-0.3, -0.25) is 9.59 Å². The van der Waals surface area contributed by atoms with Crippen LogP contribution < -0.4 is 20.9 Å². The zero-order valence-corrected chi connectivity index (χ0v) is 19.7. The number of esters is 1. The van der Waals surface area contributed by atoms with Crippen LogP contribution >= 0.6 is 0 Å². The number of hydrogen-bond donors (Lipinski definition) is 1. The van der Waals surface area contributed by atoms with Gasteiger partial charge in [-0.05, 0) is 61.3 Å². The predicted octanol–water partition coefficient (Wildman–Crippen LogP) is 3.18. The van der Waals surface area contributed by atoms with Crippen LogP contribution in [0.5, 0.6) is 5.75 Å². The topological polar surface area (TPSA) is 108 Å². The molecule has 1 N–H and O–H groups in total. The molecule has 0 aliphatic carbocycles. The summed E-state index contributed by atoms with van der Waals surface area (Å²) in [5.74, 6) is -1.68. The number of ether oxygens (including phenoxy) is 3. The molecule has 0 saturated heterocycles. The molecule has 0 heterocycles. The zero-order valence-electron chi connectivity index (χ0n) is 19.7. The Hall–Kier alpha value is -2.38. The summed E-state index contributed by atoms with van der Waals surface area (Å²) in [5, 5.41) is 2.57. The van der Waals surface area contributed by atoms with E-state index in [4.69, 9.17) is 14.2 Å². The number of nitrogens with one attached hydrogen (secondary N) is 1. The summed E-state index contributed by atoms with van der Waals surface area (Å²) < 4.78 is 16.5. The van der Waals surface area contributed by atoms with Crippen molar-refractivity contribution in [2.45, 2.75) is 98.5 Å². The Balaban J connectivity index is 3.74. The molecule has 1 rings (SSSR count). The molecular formula is C22H35NO7. The molecule has 2 atom stereocenters. The van der Waals surface area contributed by atoms with Crippen molar-refractivity contribution in [2.24, 2.45) is 5.92 Å². The first kappa shape index (κ1) is 25.7. The second-order valence-electron chi connectivity index (χ2n) is 9.78. The molecule has 0 saturated carbocycles. The molecule has 1 aromatic rings. The van der Waals surface area contributed by atoms with Crippen molar-refractivity contribution in [3.05, 3.63) is 26.0 Å².